The Kier molecular flexibility index (Phi) is 5.72. The molecule has 1 rings (SSSR count). The van der Waals surface area contributed by atoms with Crippen molar-refractivity contribution < 1.29 is 4.74 Å². The van der Waals surface area contributed by atoms with E-state index in [1.54, 1.807) is 0 Å². The van der Waals surface area contributed by atoms with Crippen LogP contribution in [0.1, 0.15) is 13.3 Å². The molecule has 16 heavy (non-hydrogen) atoms. The van der Waals surface area contributed by atoms with Crippen LogP contribution in [0.25, 0.3) is 0 Å². The van der Waals surface area contributed by atoms with E-state index in [1.165, 1.54) is 11.4 Å². The van der Waals surface area contributed by atoms with Crippen LogP contribution >= 0.6 is 0 Å². The molecule has 1 N–H and O–H groups in total. The number of nitrogens with zero attached hydrogens (tertiary/aromatic N) is 1. The molecule has 0 amide bonds. The third kappa shape index (κ3) is 4.11. The Hall–Kier alpha value is -1.22. The molecule has 1 aromatic rings. The third-order valence-corrected chi connectivity index (χ3v) is 2.37. The Labute approximate surface area is 98.4 Å². The molecule has 1 aromatic carbocycles. The molecule has 0 unspecified atom stereocenters. The molecule has 0 aliphatic rings. The van der Waals surface area contributed by atoms with Gasteiger partial charge in [-0.15, -0.1) is 0 Å². The maximum atomic E-state index is 5.30. The topological polar surface area (TPSA) is 24.5 Å². The fourth-order valence-electron chi connectivity index (χ4n) is 1.55. The highest BCUT2D eigenvalue weighted by atomic mass is 16.5. The monoisotopic (exact) mass is 222 g/mol. The number of nitrogens with one attached hydrogen (secondary N) is 1. The Morgan fingerprint density at radius 1 is 1.25 bits per heavy atom. The van der Waals surface area contributed by atoms with Gasteiger partial charge in [0.25, 0.3) is 0 Å². The molecule has 0 saturated carbocycles. The zero-order chi connectivity index (χ0) is 11.8. The highest BCUT2D eigenvalue weighted by molar-refractivity contribution is 5.69. The number of rotatable bonds is 7. The van der Waals surface area contributed by atoms with Gasteiger partial charge in [0.05, 0.1) is 11.4 Å². The predicted octanol–water partition coefficient (Wildman–Crippen LogP) is 2.59. The van der Waals surface area contributed by atoms with Gasteiger partial charge in [-0.05, 0) is 25.5 Å². The minimum absolute atomic E-state index is 0.800. The first-order chi connectivity index (χ1) is 7.75. The van der Waals surface area contributed by atoms with Gasteiger partial charge in [-0.2, -0.15) is 0 Å². The Bertz CT molecular complexity index is 300. The maximum Gasteiger partial charge on any atom is 0.0596 e. The quantitative estimate of drug-likeness (QED) is 0.718. The van der Waals surface area contributed by atoms with Crippen molar-refractivity contribution in [1.29, 1.82) is 0 Å². The fourth-order valence-corrected chi connectivity index (χ4v) is 1.55. The van der Waals surface area contributed by atoms with Crippen molar-refractivity contribution in [3.8, 4) is 0 Å². The molecule has 0 fully saturated rings. The van der Waals surface area contributed by atoms with Crippen molar-refractivity contribution in [3.63, 3.8) is 0 Å². The van der Waals surface area contributed by atoms with Crippen LogP contribution in [0, 0.1) is 0 Å². The highest BCUT2D eigenvalue weighted by Crippen LogP contribution is 2.23. The van der Waals surface area contributed by atoms with Gasteiger partial charge in [-0.3, -0.25) is 0 Å². The first-order valence-electron chi connectivity index (χ1n) is 5.83. The summed E-state index contributed by atoms with van der Waals surface area (Å²) in [7, 11) is 4.11. The Balaban J connectivity index is 2.41. The van der Waals surface area contributed by atoms with E-state index in [4.69, 9.17) is 4.74 Å². The molecule has 0 atom stereocenters. The number of para-hydroxylation sites is 2. The minimum atomic E-state index is 0.800. The molecule has 0 heterocycles. The minimum Gasteiger partial charge on any atom is -0.383 e. The number of anilines is 2. The Morgan fingerprint density at radius 2 is 2.00 bits per heavy atom. The van der Waals surface area contributed by atoms with E-state index in [2.05, 4.69) is 48.6 Å². The van der Waals surface area contributed by atoms with Crippen molar-refractivity contribution in [2.75, 3.05) is 44.1 Å². The van der Waals surface area contributed by atoms with Gasteiger partial charge in [0.1, 0.15) is 0 Å². The van der Waals surface area contributed by atoms with Gasteiger partial charge in [-0.25, -0.2) is 0 Å². The molecule has 0 bridgehead atoms. The number of hydrogen-bond acceptors (Lipinski definition) is 3. The Morgan fingerprint density at radius 3 is 2.69 bits per heavy atom. The lowest BCUT2D eigenvalue weighted by atomic mass is 10.2. The molecule has 0 aromatic heterocycles. The van der Waals surface area contributed by atoms with Crippen LogP contribution in [-0.2, 0) is 4.74 Å². The molecule has 90 valence electrons. The van der Waals surface area contributed by atoms with Crippen LogP contribution < -0.4 is 10.2 Å². The molecule has 3 heteroatoms. The second kappa shape index (κ2) is 7.12. The molecular weight excluding hydrogens is 200 g/mol. The lowest BCUT2D eigenvalue weighted by Crippen LogP contribution is -2.13. The number of ether oxygens (including phenoxy) is 1. The van der Waals surface area contributed by atoms with Crippen molar-refractivity contribution in [1.82, 2.24) is 0 Å². The normalized spacial score (nSPS) is 10.2. The lowest BCUT2D eigenvalue weighted by molar-refractivity contribution is 0.147. The van der Waals surface area contributed by atoms with Gasteiger partial charge < -0.3 is 15.0 Å². The highest BCUT2D eigenvalue weighted by Gasteiger charge is 2.01. The van der Waals surface area contributed by atoms with Crippen molar-refractivity contribution >= 4 is 11.4 Å². The SMILES string of the molecule is CCOCCCNc1ccccc1N(C)C. The average molecular weight is 222 g/mol. The van der Waals surface area contributed by atoms with E-state index in [1.807, 2.05) is 6.92 Å². The van der Waals surface area contributed by atoms with Crippen molar-refractivity contribution in [2.24, 2.45) is 0 Å². The van der Waals surface area contributed by atoms with E-state index in [0.717, 1.165) is 26.2 Å². The molecule has 0 saturated heterocycles. The molecular formula is C13H22N2O. The summed E-state index contributed by atoms with van der Waals surface area (Å²) in [5.74, 6) is 0. The molecule has 0 spiro atoms. The number of hydrogen-bond donors (Lipinski definition) is 1. The van der Waals surface area contributed by atoms with E-state index in [0.29, 0.717) is 0 Å². The van der Waals surface area contributed by atoms with Gasteiger partial charge in [0.15, 0.2) is 0 Å². The first-order valence-corrected chi connectivity index (χ1v) is 5.83. The smallest absolute Gasteiger partial charge is 0.0596 e. The van der Waals surface area contributed by atoms with Gasteiger partial charge >= 0.3 is 0 Å². The summed E-state index contributed by atoms with van der Waals surface area (Å²) in [5, 5.41) is 3.43. The van der Waals surface area contributed by atoms with Gasteiger partial charge in [-0.1, -0.05) is 12.1 Å². The van der Waals surface area contributed by atoms with Crippen LogP contribution in [0.15, 0.2) is 24.3 Å². The lowest BCUT2D eigenvalue weighted by Gasteiger charge is -2.18. The van der Waals surface area contributed by atoms with Crippen LogP contribution in [0.2, 0.25) is 0 Å². The predicted molar refractivity (Wildman–Crippen MR) is 70.4 cm³/mol. The van der Waals surface area contributed by atoms with Crippen LogP contribution in [0.5, 0.6) is 0 Å². The zero-order valence-electron chi connectivity index (χ0n) is 10.5. The first kappa shape index (κ1) is 12.8. The van der Waals surface area contributed by atoms with Crippen molar-refractivity contribution in [3.05, 3.63) is 24.3 Å². The van der Waals surface area contributed by atoms with E-state index < -0.39 is 0 Å². The maximum absolute atomic E-state index is 5.30. The van der Waals surface area contributed by atoms with Crippen molar-refractivity contribution in [2.45, 2.75) is 13.3 Å². The fraction of sp³-hybridized carbons (Fsp3) is 0.538. The standard InChI is InChI=1S/C13H22N2O/c1-4-16-11-7-10-14-12-8-5-6-9-13(12)15(2)3/h5-6,8-9,14H,4,7,10-11H2,1-3H3. The van der Waals surface area contributed by atoms with Gasteiger partial charge in [0.2, 0.25) is 0 Å². The zero-order valence-corrected chi connectivity index (χ0v) is 10.5. The second-order valence-corrected chi connectivity index (χ2v) is 3.89. The largest absolute Gasteiger partial charge is 0.383 e. The summed E-state index contributed by atoms with van der Waals surface area (Å²) in [6.07, 6.45) is 1.04. The second-order valence-electron chi connectivity index (χ2n) is 3.89. The average Bonchev–Trinajstić information content (AvgIpc) is 2.29. The third-order valence-electron chi connectivity index (χ3n) is 2.37. The van der Waals surface area contributed by atoms with Crippen LogP contribution in [0.3, 0.4) is 0 Å². The summed E-state index contributed by atoms with van der Waals surface area (Å²) in [4.78, 5) is 2.12. The van der Waals surface area contributed by atoms with E-state index in [-0.39, 0.29) is 0 Å². The van der Waals surface area contributed by atoms with Crippen LogP contribution in [0.4, 0.5) is 11.4 Å². The molecule has 0 radical (unpaired) electrons. The number of benzene rings is 1. The summed E-state index contributed by atoms with van der Waals surface area (Å²) in [6.45, 7) is 4.60. The molecule has 0 aliphatic carbocycles. The molecule has 3 nitrogen and oxygen atoms in total. The van der Waals surface area contributed by atoms with E-state index in [9.17, 15) is 0 Å². The molecule has 0 aliphatic heterocycles. The summed E-state index contributed by atoms with van der Waals surface area (Å²) in [6, 6.07) is 8.33. The summed E-state index contributed by atoms with van der Waals surface area (Å²) >= 11 is 0. The van der Waals surface area contributed by atoms with Crippen LogP contribution in [-0.4, -0.2) is 33.9 Å². The van der Waals surface area contributed by atoms with Gasteiger partial charge in [0, 0.05) is 33.9 Å². The summed E-state index contributed by atoms with van der Waals surface area (Å²) in [5.41, 5.74) is 2.41. The summed E-state index contributed by atoms with van der Waals surface area (Å²) < 4.78 is 5.30. The van der Waals surface area contributed by atoms with E-state index >= 15 is 0 Å².